The zero-order valence-corrected chi connectivity index (χ0v) is 14.1. The molecule has 2 heterocycles. The molecule has 0 saturated carbocycles. The van der Waals surface area contributed by atoms with Crippen molar-refractivity contribution in [3.8, 4) is 0 Å². The minimum Gasteiger partial charge on any atom is -0.459 e. The van der Waals surface area contributed by atoms with Gasteiger partial charge in [-0.1, -0.05) is 12.1 Å². The van der Waals surface area contributed by atoms with E-state index in [9.17, 15) is 9.59 Å². The Labute approximate surface area is 142 Å². The average molecular weight is 377 g/mol. The van der Waals surface area contributed by atoms with Gasteiger partial charge in [-0.2, -0.15) is 0 Å². The largest absolute Gasteiger partial charge is 0.459 e. The summed E-state index contributed by atoms with van der Waals surface area (Å²) < 4.78 is 5.93. The van der Waals surface area contributed by atoms with Crippen molar-refractivity contribution in [3.63, 3.8) is 0 Å². The molecule has 0 radical (unpaired) electrons. The summed E-state index contributed by atoms with van der Waals surface area (Å²) in [6, 6.07) is 10.8. The van der Waals surface area contributed by atoms with E-state index in [1.165, 1.54) is 6.26 Å². The number of nitrogens with zero attached hydrogens (tertiary/aromatic N) is 1. The van der Waals surface area contributed by atoms with Gasteiger partial charge >= 0.3 is 0 Å². The van der Waals surface area contributed by atoms with Crippen LogP contribution in [0.3, 0.4) is 0 Å². The van der Waals surface area contributed by atoms with E-state index in [1.807, 2.05) is 18.2 Å². The number of piperidine rings is 1. The molecule has 1 aromatic carbocycles. The minimum absolute atomic E-state index is 0.0789. The van der Waals surface area contributed by atoms with Crippen molar-refractivity contribution in [2.24, 2.45) is 0 Å². The summed E-state index contributed by atoms with van der Waals surface area (Å²) in [6.45, 7) is 1.22. The van der Waals surface area contributed by atoms with Gasteiger partial charge in [-0.25, -0.2) is 0 Å². The van der Waals surface area contributed by atoms with Gasteiger partial charge in [0.25, 0.3) is 11.8 Å². The van der Waals surface area contributed by atoms with Crippen LogP contribution in [0.15, 0.2) is 51.6 Å². The summed E-state index contributed by atoms with van der Waals surface area (Å²) in [5, 5.41) is 3.04. The maximum Gasteiger partial charge on any atom is 0.289 e. The number of hydrogen-bond acceptors (Lipinski definition) is 3. The molecule has 23 heavy (non-hydrogen) atoms. The summed E-state index contributed by atoms with van der Waals surface area (Å²) in [5.74, 6) is 0.180. The van der Waals surface area contributed by atoms with Gasteiger partial charge < -0.3 is 14.6 Å². The fourth-order valence-corrected chi connectivity index (χ4v) is 3.16. The predicted octanol–water partition coefficient (Wildman–Crippen LogP) is 3.08. The van der Waals surface area contributed by atoms with Crippen LogP contribution in [-0.4, -0.2) is 35.8 Å². The normalized spacial score (nSPS) is 15.4. The van der Waals surface area contributed by atoms with Crippen LogP contribution >= 0.6 is 15.9 Å². The summed E-state index contributed by atoms with van der Waals surface area (Å²) in [4.78, 5) is 26.3. The maximum atomic E-state index is 12.3. The monoisotopic (exact) mass is 376 g/mol. The molecule has 0 aliphatic carbocycles. The van der Waals surface area contributed by atoms with Crippen LogP contribution < -0.4 is 5.32 Å². The highest BCUT2D eigenvalue weighted by atomic mass is 79.9. The second kappa shape index (κ2) is 7.00. The van der Waals surface area contributed by atoms with Crippen molar-refractivity contribution in [1.82, 2.24) is 10.2 Å². The number of nitrogens with one attached hydrogen (secondary N) is 1. The number of amides is 2. The molecule has 2 amide bonds. The molecule has 1 aliphatic heterocycles. The van der Waals surface area contributed by atoms with Gasteiger partial charge in [0.1, 0.15) is 0 Å². The van der Waals surface area contributed by atoms with E-state index in [0.29, 0.717) is 24.4 Å². The van der Waals surface area contributed by atoms with E-state index < -0.39 is 0 Å². The van der Waals surface area contributed by atoms with Crippen LogP contribution in [0, 0.1) is 0 Å². The Morgan fingerprint density at radius 2 is 1.87 bits per heavy atom. The van der Waals surface area contributed by atoms with Gasteiger partial charge in [-0.3, -0.25) is 9.59 Å². The quantitative estimate of drug-likeness (QED) is 0.894. The molecule has 1 N–H and O–H groups in total. The SMILES string of the molecule is O=C(NC1CCN(C(=O)c2ccco2)CC1)c1ccccc1Br. The van der Waals surface area contributed by atoms with Gasteiger partial charge in [0.05, 0.1) is 11.8 Å². The number of benzene rings is 1. The van der Waals surface area contributed by atoms with Gasteiger partial charge in [0, 0.05) is 23.6 Å². The van der Waals surface area contributed by atoms with E-state index in [4.69, 9.17) is 4.42 Å². The molecule has 1 fully saturated rings. The van der Waals surface area contributed by atoms with Crippen LogP contribution in [0.2, 0.25) is 0 Å². The Kier molecular flexibility index (Phi) is 4.81. The van der Waals surface area contributed by atoms with Gasteiger partial charge in [-0.05, 0) is 53.0 Å². The summed E-state index contributed by atoms with van der Waals surface area (Å²) >= 11 is 3.39. The van der Waals surface area contributed by atoms with E-state index in [0.717, 1.165) is 17.3 Å². The first-order valence-corrected chi connectivity index (χ1v) is 8.32. The average Bonchev–Trinajstić information content (AvgIpc) is 3.09. The molecule has 0 bridgehead atoms. The third-order valence-electron chi connectivity index (χ3n) is 3.97. The van der Waals surface area contributed by atoms with Crippen molar-refractivity contribution < 1.29 is 14.0 Å². The highest BCUT2D eigenvalue weighted by molar-refractivity contribution is 9.10. The predicted molar refractivity (Wildman–Crippen MR) is 89.2 cm³/mol. The molecule has 1 aromatic heterocycles. The molecule has 120 valence electrons. The van der Waals surface area contributed by atoms with Crippen molar-refractivity contribution >= 4 is 27.7 Å². The Morgan fingerprint density at radius 1 is 1.13 bits per heavy atom. The van der Waals surface area contributed by atoms with Crippen molar-refractivity contribution in [2.45, 2.75) is 18.9 Å². The molecule has 0 unspecified atom stereocenters. The molecule has 6 heteroatoms. The second-order valence-corrected chi connectivity index (χ2v) is 6.35. The Balaban J connectivity index is 1.54. The van der Waals surface area contributed by atoms with Gasteiger partial charge in [0.2, 0.25) is 0 Å². The second-order valence-electron chi connectivity index (χ2n) is 5.50. The number of carbonyl (C=O) groups excluding carboxylic acids is 2. The van der Waals surface area contributed by atoms with E-state index in [-0.39, 0.29) is 17.9 Å². The summed E-state index contributed by atoms with van der Waals surface area (Å²) in [5.41, 5.74) is 0.626. The van der Waals surface area contributed by atoms with E-state index in [1.54, 1.807) is 23.1 Å². The Hall–Kier alpha value is -2.08. The topological polar surface area (TPSA) is 62.6 Å². The summed E-state index contributed by atoms with van der Waals surface area (Å²) in [6.07, 6.45) is 2.98. The molecular weight excluding hydrogens is 360 g/mol. The lowest BCUT2D eigenvalue weighted by Crippen LogP contribution is -2.46. The lowest BCUT2D eigenvalue weighted by Gasteiger charge is -2.32. The number of carbonyl (C=O) groups is 2. The molecule has 5 nitrogen and oxygen atoms in total. The number of halogens is 1. The molecule has 0 atom stereocenters. The third kappa shape index (κ3) is 3.64. The first-order valence-electron chi connectivity index (χ1n) is 7.53. The van der Waals surface area contributed by atoms with Crippen LogP contribution in [0.1, 0.15) is 33.8 Å². The highest BCUT2D eigenvalue weighted by Crippen LogP contribution is 2.18. The highest BCUT2D eigenvalue weighted by Gasteiger charge is 2.26. The van der Waals surface area contributed by atoms with Gasteiger partial charge in [-0.15, -0.1) is 0 Å². The summed E-state index contributed by atoms with van der Waals surface area (Å²) in [7, 11) is 0. The first-order chi connectivity index (χ1) is 11.1. The lowest BCUT2D eigenvalue weighted by atomic mass is 10.0. The number of rotatable bonds is 3. The molecule has 1 aliphatic rings. The van der Waals surface area contributed by atoms with Crippen LogP contribution in [0.4, 0.5) is 0 Å². The molecule has 2 aromatic rings. The van der Waals surface area contributed by atoms with Crippen LogP contribution in [0.25, 0.3) is 0 Å². The number of furan rings is 1. The maximum absolute atomic E-state index is 12.3. The Bertz CT molecular complexity index is 692. The minimum atomic E-state index is -0.0921. The van der Waals surface area contributed by atoms with Crippen LogP contribution in [0.5, 0.6) is 0 Å². The smallest absolute Gasteiger partial charge is 0.289 e. The molecule has 1 saturated heterocycles. The van der Waals surface area contributed by atoms with E-state index >= 15 is 0 Å². The lowest BCUT2D eigenvalue weighted by molar-refractivity contribution is 0.0667. The van der Waals surface area contributed by atoms with Gasteiger partial charge in [0.15, 0.2) is 5.76 Å². The zero-order valence-electron chi connectivity index (χ0n) is 12.5. The standard InChI is InChI=1S/C17H17BrN2O3/c18-14-5-2-1-4-13(14)16(21)19-12-7-9-20(10-8-12)17(22)15-6-3-11-23-15/h1-6,11-12H,7-10H2,(H,19,21). The first kappa shape index (κ1) is 15.8. The van der Waals surface area contributed by atoms with E-state index in [2.05, 4.69) is 21.2 Å². The Morgan fingerprint density at radius 3 is 2.52 bits per heavy atom. The number of likely N-dealkylation sites (tertiary alicyclic amines) is 1. The molecule has 3 rings (SSSR count). The van der Waals surface area contributed by atoms with Crippen molar-refractivity contribution in [3.05, 3.63) is 58.5 Å². The fraction of sp³-hybridized carbons (Fsp3) is 0.294. The molecule has 0 spiro atoms. The van der Waals surface area contributed by atoms with Crippen LogP contribution in [-0.2, 0) is 0 Å². The number of hydrogen-bond donors (Lipinski definition) is 1. The van der Waals surface area contributed by atoms with Crippen molar-refractivity contribution in [1.29, 1.82) is 0 Å². The zero-order chi connectivity index (χ0) is 16.2. The fourth-order valence-electron chi connectivity index (χ4n) is 2.69. The third-order valence-corrected chi connectivity index (χ3v) is 4.66. The van der Waals surface area contributed by atoms with Crippen molar-refractivity contribution in [2.75, 3.05) is 13.1 Å². The molecular formula is C17H17BrN2O3.